The van der Waals surface area contributed by atoms with Crippen molar-refractivity contribution in [1.29, 1.82) is 0 Å². The minimum absolute atomic E-state index is 0.593. The maximum absolute atomic E-state index is 11.7. The standard InChI is InChI=1S/C5H5FO2/c1-3(4(2)6)5(7)8/h1-2H2,(H,7,8). The third-order valence-electron chi connectivity index (χ3n) is 0.586. The molecule has 0 unspecified atom stereocenters. The Morgan fingerprint density at radius 3 is 1.88 bits per heavy atom. The first kappa shape index (κ1) is 6.88. The van der Waals surface area contributed by atoms with Gasteiger partial charge >= 0.3 is 5.97 Å². The molecule has 8 heavy (non-hydrogen) atoms. The summed E-state index contributed by atoms with van der Waals surface area (Å²) in [5, 5.41) is 7.95. The number of carboxylic acids is 1. The Balaban J connectivity index is 4.05. The van der Waals surface area contributed by atoms with Gasteiger partial charge in [-0.25, -0.2) is 9.18 Å². The zero-order chi connectivity index (χ0) is 6.73. The average Bonchev–Trinajstić information content (AvgIpc) is 1.64. The maximum atomic E-state index is 11.7. The van der Waals surface area contributed by atoms with Crippen molar-refractivity contribution < 1.29 is 14.3 Å². The second kappa shape index (κ2) is 2.26. The first-order valence-corrected chi connectivity index (χ1v) is 1.82. The van der Waals surface area contributed by atoms with Crippen LogP contribution in [0.5, 0.6) is 0 Å². The van der Waals surface area contributed by atoms with Crippen molar-refractivity contribution in [1.82, 2.24) is 0 Å². The third-order valence-corrected chi connectivity index (χ3v) is 0.586. The fraction of sp³-hybridized carbons (Fsp3) is 0. The minimum atomic E-state index is -1.38. The van der Waals surface area contributed by atoms with Crippen LogP contribution in [0.4, 0.5) is 4.39 Å². The highest BCUT2D eigenvalue weighted by Crippen LogP contribution is 2.04. The van der Waals surface area contributed by atoms with Crippen LogP contribution in [0.25, 0.3) is 0 Å². The van der Waals surface area contributed by atoms with E-state index in [2.05, 4.69) is 13.2 Å². The van der Waals surface area contributed by atoms with Crippen molar-refractivity contribution >= 4 is 5.97 Å². The van der Waals surface area contributed by atoms with Crippen molar-refractivity contribution in [3.63, 3.8) is 0 Å². The van der Waals surface area contributed by atoms with Crippen molar-refractivity contribution in [2.24, 2.45) is 0 Å². The first-order chi connectivity index (χ1) is 3.55. The Morgan fingerprint density at radius 1 is 1.50 bits per heavy atom. The van der Waals surface area contributed by atoms with E-state index in [1.807, 2.05) is 0 Å². The molecule has 44 valence electrons. The predicted molar refractivity (Wildman–Crippen MR) is 27.0 cm³/mol. The molecule has 0 amide bonds. The van der Waals surface area contributed by atoms with Gasteiger partial charge in [-0.05, 0) is 0 Å². The van der Waals surface area contributed by atoms with E-state index >= 15 is 0 Å². The van der Waals surface area contributed by atoms with Crippen molar-refractivity contribution in [3.8, 4) is 0 Å². The summed E-state index contributed by atoms with van der Waals surface area (Å²) in [5.74, 6) is -2.38. The van der Waals surface area contributed by atoms with Gasteiger partial charge in [-0.3, -0.25) is 0 Å². The molecule has 0 rings (SSSR count). The highest BCUT2D eigenvalue weighted by Gasteiger charge is 2.05. The van der Waals surface area contributed by atoms with Gasteiger partial charge in [0.1, 0.15) is 5.83 Å². The number of carboxylic acid groups (broad SMARTS) is 1. The Morgan fingerprint density at radius 2 is 1.88 bits per heavy atom. The monoisotopic (exact) mass is 116 g/mol. The van der Waals surface area contributed by atoms with Crippen LogP contribution in [0.1, 0.15) is 0 Å². The fourth-order valence-corrected chi connectivity index (χ4v) is 0.116. The largest absolute Gasteiger partial charge is 0.478 e. The normalized spacial score (nSPS) is 8.12. The van der Waals surface area contributed by atoms with Gasteiger partial charge in [0.25, 0.3) is 0 Å². The average molecular weight is 116 g/mol. The van der Waals surface area contributed by atoms with Gasteiger partial charge in [0.15, 0.2) is 0 Å². The van der Waals surface area contributed by atoms with Crippen LogP contribution in [-0.4, -0.2) is 11.1 Å². The minimum Gasteiger partial charge on any atom is -0.478 e. The van der Waals surface area contributed by atoms with Gasteiger partial charge in [0.2, 0.25) is 0 Å². The lowest BCUT2D eigenvalue weighted by atomic mass is 10.3. The molecule has 0 saturated carbocycles. The summed E-state index contributed by atoms with van der Waals surface area (Å²) >= 11 is 0. The molecule has 0 bridgehead atoms. The Bertz CT molecular complexity index is 133. The summed E-state index contributed by atoms with van der Waals surface area (Å²) in [7, 11) is 0. The number of rotatable bonds is 2. The molecule has 0 heterocycles. The van der Waals surface area contributed by atoms with E-state index in [9.17, 15) is 9.18 Å². The summed E-state index contributed by atoms with van der Waals surface area (Å²) in [6.45, 7) is 5.61. The van der Waals surface area contributed by atoms with Crippen LogP contribution in [-0.2, 0) is 4.79 Å². The van der Waals surface area contributed by atoms with Crippen LogP contribution in [0.2, 0.25) is 0 Å². The number of hydrogen-bond acceptors (Lipinski definition) is 1. The second-order valence-corrected chi connectivity index (χ2v) is 1.19. The third kappa shape index (κ3) is 1.55. The molecule has 0 saturated heterocycles. The van der Waals surface area contributed by atoms with E-state index in [0.717, 1.165) is 0 Å². The molecule has 2 nitrogen and oxygen atoms in total. The molecule has 0 aliphatic carbocycles. The topological polar surface area (TPSA) is 37.3 Å². The van der Waals surface area contributed by atoms with Crippen molar-refractivity contribution in [2.75, 3.05) is 0 Å². The quantitative estimate of drug-likeness (QED) is 0.433. The van der Waals surface area contributed by atoms with E-state index in [0.29, 0.717) is 0 Å². The molecule has 0 aromatic heterocycles. The van der Waals surface area contributed by atoms with Crippen LogP contribution < -0.4 is 0 Å². The van der Waals surface area contributed by atoms with Crippen LogP contribution in [0.15, 0.2) is 24.6 Å². The fourth-order valence-electron chi connectivity index (χ4n) is 0.116. The van der Waals surface area contributed by atoms with E-state index in [1.54, 1.807) is 0 Å². The molecular formula is C5H5FO2. The molecule has 0 atom stereocenters. The summed E-state index contributed by atoms with van der Waals surface area (Å²) in [6.07, 6.45) is 0. The second-order valence-electron chi connectivity index (χ2n) is 1.19. The van der Waals surface area contributed by atoms with E-state index in [-0.39, 0.29) is 0 Å². The van der Waals surface area contributed by atoms with Gasteiger partial charge in [-0.1, -0.05) is 13.2 Å². The molecule has 0 aromatic carbocycles. The molecule has 0 aliphatic heterocycles. The lowest BCUT2D eigenvalue weighted by Crippen LogP contribution is -1.97. The Kier molecular flexibility index (Phi) is 1.94. The van der Waals surface area contributed by atoms with Gasteiger partial charge in [-0.15, -0.1) is 0 Å². The van der Waals surface area contributed by atoms with Gasteiger partial charge < -0.3 is 5.11 Å². The molecule has 0 aromatic rings. The number of halogens is 1. The Labute approximate surface area is 45.9 Å². The van der Waals surface area contributed by atoms with Crippen molar-refractivity contribution in [2.45, 2.75) is 0 Å². The lowest BCUT2D eigenvalue weighted by molar-refractivity contribution is -0.132. The lowest BCUT2D eigenvalue weighted by Gasteiger charge is -1.89. The number of aliphatic carboxylic acids is 1. The Hall–Kier alpha value is -1.12. The molecular weight excluding hydrogens is 111 g/mol. The molecule has 0 spiro atoms. The first-order valence-electron chi connectivity index (χ1n) is 1.82. The predicted octanol–water partition coefficient (Wildman–Crippen LogP) is 1.11. The number of carbonyl (C=O) groups is 1. The zero-order valence-corrected chi connectivity index (χ0v) is 4.15. The van der Waals surface area contributed by atoms with Gasteiger partial charge in [-0.2, -0.15) is 0 Å². The molecule has 1 N–H and O–H groups in total. The van der Waals surface area contributed by atoms with Crippen LogP contribution in [0, 0.1) is 0 Å². The molecule has 0 aliphatic rings. The summed E-state index contributed by atoms with van der Waals surface area (Å²) in [4.78, 5) is 9.74. The summed E-state index contributed by atoms with van der Waals surface area (Å²) < 4.78 is 11.7. The molecule has 0 radical (unpaired) electrons. The zero-order valence-electron chi connectivity index (χ0n) is 4.15. The molecule has 3 heteroatoms. The number of hydrogen-bond donors (Lipinski definition) is 1. The van der Waals surface area contributed by atoms with E-state index < -0.39 is 17.4 Å². The maximum Gasteiger partial charge on any atom is 0.338 e. The van der Waals surface area contributed by atoms with E-state index in [4.69, 9.17) is 5.11 Å². The summed E-state index contributed by atoms with van der Waals surface area (Å²) in [6, 6.07) is 0. The molecule has 0 fully saturated rings. The van der Waals surface area contributed by atoms with Crippen LogP contribution >= 0.6 is 0 Å². The van der Waals surface area contributed by atoms with Crippen molar-refractivity contribution in [3.05, 3.63) is 24.6 Å². The highest BCUT2D eigenvalue weighted by atomic mass is 19.1. The van der Waals surface area contributed by atoms with Gasteiger partial charge in [0.05, 0.1) is 5.57 Å². The smallest absolute Gasteiger partial charge is 0.338 e. The van der Waals surface area contributed by atoms with Crippen LogP contribution in [0.3, 0.4) is 0 Å². The highest BCUT2D eigenvalue weighted by molar-refractivity contribution is 5.89. The van der Waals surface area contributed by atoms with E-state index in [1.165, 1.54) is 0 Å². The van der Waals surface area contributed by atoms with Gasteiger partial charge in [0, 0.05) is 0 Å². The SMILES string of the molecule is C=C(F)C(=C)C(=O)O. The summed E-state index contributed by atoms with van der Waals surface area (Å²) in [5.41, 5.74) is -0.593.